The third-order valence-corrected chi connectivity index (χ3v) is 9.83. The zero-order valence-corrected chi connectivity index (χ0v) is 22.8. The van der Waals surface area contributed by atoms with Crippen LogP contribution in [0.25, 0.3) is 22.8 Å². The van der Waals surface area contributed by atoms with E-state index in [0.717, 1.165) is 36.7 Å². The number of oxazole rings is 1. The number of carbonyl (C=O) groups excluding carboxylic acids is 1. The third kappa shape index (κ3) is 5.32. The second-order valence-electron chi connectivity index (χ2n) is 11.0. The zero-order chi connectivity index (χ0) is 27.9. The Bertz CT molecular complexity index is 1550. The summed E-state index contributed by atoms with van der Waals surface area (Å²) in [6, 6.07) is 12.8. The second-order valence-corrected chi connectivity index (χ2v) is 13.3. The van der Waals surface area contributed by atoms with Crippen LogP contribution in [-0.4, -0.2) is 54.4 Å². The van der Waals surface area contributed by atoms with Crippen LogP contribution in [0.1, 0.15) is 50.2 Å². The summed E-state index contributed by atoms with van der Waals surface area (Å²) in [5.74, 6) is -0.115. The Balaban J connectivity index is 1.35. The van der Waals surface area contributed by atoms with Gasteiger partial charge in [-0.2, -0.15) is 5.26 Å². The summed E-state index contributed by atoms with van der Waals surface area (Å²) < 4.78 is 43.6. The Morgan fingerprint density at radius 2 is 1.82 bits per heavy atom. The lowest BCUT2D eigenvalue weighted by atomic mass is 9.76. The largest absolute Gasteiger partial charge is 0.439 e. The van der Waals surface area contributed by atoms with E-state index in [-0.39, 0.29) is 35.1 Å². The Morgan fingerprint density at radius 3 is 2.48 bits per heavy atom. The van der Waals surface area contributed by atoms with Crippen LogP contribution in [-0.2, 0) is 14.6 Å². The molecule has 3 aromatic rings. The number of anilines is 1. The van der Waals surface area contributed by atoms with Crippen LogP contribution in [0, 0.1) is 23.1 Å². The molecule has 3 fully saturated rings. The van der Waals surface area contributed by atoms with E-state index in [1.165, 1.54) is 12.1 Å². The van der Waals surface area contributed by atoms with Crippen LogP contribution in [0.3, 0.4) is 0 Å². The summed E-state index contributed by atoms with van der Waals surface area (Å²) in [4.78, 5) is 24.4. The highest BCUT2D eigenvalue weighted by atomic mass is 32.2. The van der Waals surface area contributed by atoms with Crippen LogP contribution in [0.4, 0.5) is 10.1 Å². The van der Waals surface area contributed by atoms with E-state index >= 15 is 0 Å². The van der Waals surface area contributed by atoms with Crippen molar-refractivity contribution in [1.29, 1.82) is 5.26 Å². The van der Waals surface area contributed by atoms with E-state index in [0.29, 0.717) is 49.5 Å². The van der Waals surface area contributed by atoms with Gasteiger partial charge in [0.25, 0.3) is 0 Å². The number of rotatable bonds is 6. The van der Waals surface area contributed by atoms with Crippen molar-refractivity contribution in [3.05, 3.63) is 54.2 Å². The Kier molecular flexibility index (Phi) is 6.82. The minimum atomic E-state index is -2.98. The molecule has 1 amide bonds. The minimum absolute atomic E-state index is 0.133. The molecular weight excluding hydrogens is 533 g/mol. The molecule has 9 nitrogen and oxygen atoms in total. The molecule has 1 aromatic carbocycles. The highest BCUT2D eigenvalue weighted by Crippen LogP contribution is 2.45. The highest BCUT2D eigenvalue weighted by Gasteiger charge is 2.47. The van der Waals surface area contributed by atoms with Crippen molar-refractivity contribution in [3.63, 3.8) is 0 Å². The molecule has 0 bridgehead atoms. The highest BCUT2D eigenvalue weighted by molar-refractivity contribution is 7.91. The fourth-order valence-corrected chi connectivity index (χ4v) is 6.88. The van der Waals surface area contributed by atoms with Gasteiger partial charge in [0.2, 0.25) is 11.8 Å². The summed E-state index contributed by atoms with van der Waals surface area (Å²) in [6.07, 6.45) is 5.69. The summed E-state index contributed by atoms with van der Waals surface area (Å²) in [7, 11) is -2.98. The molecule has 1 saturated heterocycles. The Morgan fingerprint density at radius 1 is 1.10 bits per heavy atom. The summed E-state index contributed by atoms with van der Waals surface area (Å²) >= 11 is 0. The van der Waals surface area contributed by atoms with Crippen molar-refractivity contribution in [2.45, 2.75) is 50.0 Å². The lowest BCUT2D eigenvalue weighted by Crippen LogP contribution is -2.42. The van der Waals surface area contributed by atoms with Crippen LogP contribution < -0.4 is 10.2 Å². The standard InChI is InChI=1S/C29H30FN5O4S/c30-20-7-10-24(32-17-20)28-33-25(19-5-8-21(9-6-19)35-13-15-40(37,38)16-14-35)26(39-28)22-3-1-2-4-23(22)27(36)34-29(18-31)11-12-29/h5-10,17,22-23H,1-4,11-16H2,(H,34,36)/t22-,23-/m1/s1. The van der Waals surface area contributed by atoms with Gasteiger partial charge in [-0.15, -0.1) is 0 Å². The molecule has 11 heteroatoms. The molecule has 0 radical (unpaired) electrons. The molecule has 2 saturated carbocycles. The maximum Gasteiger partial charge on any atom is 0.245 e. The number of nitrogens with zero attached hydrogens (tertiary/aromatic N) is 4. The molecule has 2 atom stereocenters. The molecule has 40 heavy (non-hydrogen) atoms. The van der Waals surface area contributed by atoms with Gasteiger partial charge in [0.15, 0.2) is 9.84 Å². The number of carbonyl (C=O) groups is 1. The van der Waals surface area contributed by atoms with Gasteiger partial charge in [0, 0.05) is 36.2 Å². The number of halogens is 1. The number of sulfone groups is 1. The number of pyridine rings is 1. The van der Waals surface area contributed by atoms with Crippen molar-refractivity contribution < 1.29 is 22.0 Å². The predicted octanol–water partition coefficient (Wildman–Crippen LogP) is 4.22. The van der Waals surface area contributed by atoms with Crippen LogP contribution in [0.2, 0.25) is 0 Å². The summed E-state index contributed by atoms with van der Waals surface area (Å²) in [5.41, 5.74) is 1.94. The molecule has 0 unspecified atom stereocenters. The number of benzene rings is 1. The molecule has 3 heterocycles. The first-order chi connectivity index (χ1) is 19.3. The number of hydrogen-bond acceptors (Lipinski definition) is 8. The fourth-order valence-electron chi connectivity index (χ4n) is 5.68. The quantitative estimate of drug-likeness (QED) is 0.472. The van der Waals surface area contributed by atoms with Gasteiger partial charge in [0.05, 0.1) is 23.8 Å². The second kappa shape index (κ2) is 10.3. The van der Waals surface area contributed by atoms with Gasteiger partial charge in [-0.25, -0.2) is 22.8 Å². The maximum absolute atomic E-state index is 13.6. The number of hydrogen-bond donors (Lipinski definition) is 1. The molecule has 2 aliphatic carbocycles. The van der Waals surface area contributed by atoms with Crippen molar-refractivity contribution in [2.75, 3.05) is 29.5 Å². The molecule has 3 aliphatic rings. The smallest absolute Gasteiger partial charge is 0.245 e. The van der Waals surface area contributed by atoms with Gasteiger partial charge in [-0.1, -0.05) is 25.0 Å². The van der Waals surface area contributed by atoms with Gasteiger partial charge in [-0.05, 0) is 49.9 Å². The van der Waals surface area contributed by atoms with Crippen molar-refractivity contribution in [2.24, 2.45) is 5.92 Å². The average molecular weight is 564 g/mol. The molecule has 0 spiro atoms. The Hall–Kier alpha value is -3.78. The molecule has 2 aromatic heterocycles. The number of nitriles is 1. The number of nitrogens with one attached hydrogen (secondary N) is 1. The molecule has 1 N–H and O–H groups in total. The van der Waals surface area contributed by atoms with Crippen LogP contribution >= 0.6 is 0 Å². The van der Waals surface area contributed by atoms with Crippen LogP contribution in [0.5, 0.6) is 0 Å². The average Bonchev–Trinajstić information content (AvgIpc) is 3.60. The summed E-state index contributed by atoms with van der Waals surface area (Å²) in [6.45, 7) is 0.890. The first-order valence-electron chi connectivity index (χ1n) is 13.7. The predicted molar refractivity (Wildman–Crippen MR) is 146 cm³/mol. The first kappa shape index (κ1) is 26.4. The lowest BCUT2D eigenvalue weighted by Gasteiger charge is -2.30. The zero-order valence-electron chi connectivity index (χ0n) is 22.0. The first-order valence-corrected chi connectivity index (χ1v) is 15.5. The van der Waals surface area contributed by atoms with E-state index < -0.39 is 21.2 Å². The third-order valence-electron chi connectivity index (χ3n) is 8.22. The van der Waals surface area contributed by atoms with Gasteiger partial charge in [0.1, 0.15) is 28.5 Å². The van der Waals surface area contributed by atoms with E-state index in [2.05, 4.69) is 16.4 Å². The topological polar surface area (TPSA) is 129 Å². The number of amides is 1. The number of aromatic nitrogens is 2. The van der Waals surface area contributed by atoms with E-state index in [4.69, 9.17) is 9.40 Å². The normalized spacial score (nSPS) is 23.2. The Labute approximate surface area is 232 Å². The van der Waals surface area contributed by atoms with Gasteiger partial charge in [-0.3, -0.25) is 4.79 Å². The molecular formula is C29H30FN5O4S. The van der Waals surface area contributed by atoms with E-state index in [1.54, 1.807) is 0 Å². The van der Waals surface area contributed by atoms with Crippen molar-refractivity contribution >= 4 is 21.4 Å². The van der Waals surface area contributed by atoms with Gasteiger partial charge < -0.3 is 14.6 Å². The van der Waals surface area contributed by atoms with E-state index in [9.17, 15) is 22.9 Å². The molecule has 6 rings (SSSR count). The monoisotopic (exact) mass is 563 g/mol. The minimum Gasteiger partial charge on any atom is -0.439 e. The summed E-state index contributed by atoms with van der Waals surface area (Å²) in [5, 5.41) is 12.5. The van der Waals surface area contributed by atoms with Crippen molar-refractivity contribution in [3.8, 4) is 28.9 Å². The maximum atomic E-state index is 13.6. The van der Waals surface area contributed by atoms with Crippen molar-refractivity contribution in [1.82, 2.24) is 15.3 Å². The fraction of sp³-hybridized carbons (Fsp3) is 0.448. The SMILES string of the molecule is N#CC1(NC(=O)[C@@H]2CCCC[C@H]2c2oc(-c3ccc(F)cn3)nc2-c2ccc(N3CCS(=O)(=O)CC3)cc2)CC1. The van der Waals surface area contributed by atoms with Gasteiger partial charge >= 0.3 is 0 Å². The molecule has 208 valence electrons. The van der Waals surface area contributed by atoms with Crippen LogP contribution in [0.15, 0.2) is 47.0 Å². The van der Waals surface area contributed by atoms with E-state index in [1.807, 2.05) is 29.2 Å². The lowest BCUT2D eigenvalue weighted by molar-refractivity contribution is -0.127. The molecule has 1 aliphatic heterocycles.